The molecule has 5 rings (SSSR count). The van der Waals surface area contributed by atoms with Gasteiger partial charge in [0.05, 0.1) is 11.5 Å². The molecule has 0 saturated carbocycles. The Kier molecular flexibility index (Phi) is 4.67. The Hall–Kier alpha value is -2.65. The maximum Gasteiger partial charge on any atom is 0.336 e. The Labute approximate surface area is 177 Å². The monoisotopic (exact) mass is 441 g/mol. The van der Waals surface area contributed by atoms with Crippen molar-refractivity contribution in [3.8, 4) is 0 Å². The number of sulfone groups is 1. The lowest BCUT2D eigenvalue weighted by atomic mass is 10.0. The summed E-state index contributed by atoms with van der Waals surface area (Å²) in [4.78, 5) is 12.1. The Morgan fingerprint density at radius 2 is 2.03 bits per heavy atom. The number of benzene rings is 2. The van der Waals surface area contributed by atoms with Crippen LogP contribution in [0.4, 0.5) is 0 Å². The minimum absolute atomic E-state index is 0.115. The zero-order valence-electron chi connectivity index (χ0n) is 16.2. The summed E-state index contributed by atoms with van der Waals surface area (Å²) in [5.41, 5.74) is 1.05. The van der Waals surface area contributed by atoms with Gasteiger partial charge in [0.25, 0.3) is 0 Å². The largest absolute Gasteiger partial charge is 0.423 e. The molecule has 0 bridgehead atoms. The minimum atomic E-state index is -2.99. The lowest BCUT2D eigenvalue weighted by Crippen LogP contribution is -2.09. The number of hydrogen-bond donors (Lipinski definition) is 0. The van der Waals surface area contributed by atoms with E-state index >= 15 is 0 Å². The fourth-order valence-electron chi connectivity index (χ4n) is 4.08. The average molecular weight is 442 g/mol. The van der Waals surface area contributed by atoms with Crippen molar-refractivity contribution in [1.82, 2.24) is 14.8 Å². The maximum atomic E-state index is 12.1. The first-order chi connectivity index (χ1) is 14.4. The molecule has 0 N–H and O–H groups in total. The highest BCUT2D eigenvalue weighted by molar-refractivity contribution is 7.98. The van der Waals surface area contributed by atoms with E-state index in [1.807, 2.05) is 48.0 Å². The Bertz CT molecular complexity index is 1440. The summed E-state index contributed by atoms with van der Waals surface area (Å²) in [6.07, 6.45) is 0.579. The standard InChI is InChI=1S/C21H19N3O4S2/c1-24-20(14-8-9-30(26,27)12-14)22-23-21(24)29-11-15-10-18(25)28-17-7-6-13-4-2-3-5-16(13)19(15)17/h2-7,10,14H,8-9,11-12H2,1H3. The van der Waals surface area contributed by atoms with Crippen molar-refractivity contribution < 1.29 is 12.8 Å². The molecule has 0 amide bonds. The van der Waals surface area contributed by atoms with Crippen LogP contribution in [0.2, 0.25) is 0 Å². The highest BCUT2D eigenvalue weighted by atomic mass is 32.2. The van der Waals surface area contributed by atoms with Crippen molar-refractivity contribution in [2.75, 3.05) is 11.5 Å². The average Bonchev–Trinajstić information content (AvgIpc) is 3.27. The predicted molar refractivity (Wildman–Crippen MR) is 117 cm³/mol. The van der Waals surface area contributed by atoms with Crippen LogP contribution in [0, 0.1) is 0 Å². The number of aromatic nitrogens is 3. The van der Waals surface area contributed by atoms with Gasteiger partial charge in [0.2, 0.25) is 0 Å². The molecule has 1 fully saturated rings. The topological polar surface area (TPSA) is 95.1 Å². The summed E-state index contributed by atoms with van der Waals surface area (Å²) in [5.74, 6) is 1.42. The van der Waals surface area contributed by atoms with Crippen LogP contribution in [0.5, 0.6) is 0 Å². The zero-order chi connectivity index (χ0) is 20.9. The lowest BCUT2D eigenvalue weighted by molar-refractivity contribution is 0.560. The van der Waals surface area contributed by atoms with E-state index in [1.54, 1.807) is 0 Å². The third-order valence-electron chi connectivity index (χ3n) is 5.54. The Morgan fingerprint density at radius 1 is 1.20 bits per heavy atom. The summed E-state index contributed by atoms with van der Waals surface area (Å²) < 4.78 is 30.9. The fraction of sp³-hybridized carbons (Fsp3) is 0.286. The first-order valence-electron chi connectivity index (χ1n) is 9.58. The van der Waals surface area contributed by atoms with Gasteiger partial charge in [0.15, 0.2) is 15.0 Å². The van der Waals surface area contributed by atoms with Crippen LogP contribution >= 0.6 is 11.8 Å². The molecule has 7 nitrogen and oxygen atoms in total. The predicted octanol–water partition coefficient (Wildman–Crippen LogP) is 3.27. The molecular formula is C21H19N3O4S2. The van der Waals surface area contributed by atoms with E-state index in [-0.39, 0.29) is 23.0 Å². The first-order valence-corrected chi connectivity index (χ1v) is 12.4. The van der Waals surface area contributed by atoms with Crippen molar-refractivity contribution in [2.24, 2.45) is 7.05 Å². The molecule has 2 aromatic carbocycles. The van der Waals surface area contributed by atoms with Gasteiger partial charge in [-0.15, -0.1) is 10.2 Å². The second kappa shape index (κ2) is 7.24. The van der Waals surface area contributed by atoms with E-state index < -0.39 is 9.84 Å². The van der Waals surface area contributed by atoms with E-state index in [4.69, 9.17) is 4.42 Å². The molecule has 0 spiro atoms. The number of fused-ring (bicyclic) bond motifs is 3. The normalized spacial score (nSPS) is 18.4. The van der Waals surface area contributed by atoms with Crippen molar-refractivity contribution in [2.45, 2.75) is 23.2 Å². The van der Waals surface area contributed by atoms with Gasteiger partial charge in [0, 0.05) is 30.2 Å². The number of rotatable bonds is 4. The smallest absolute Gasteiger partial charge is 0.336 e. The van der Waals surface area contributed by atoms with Crippen molar-refractivity contribution >= 4 is 43.3 Å². The van der Waals surface area contributed by atoms with Gasteiger partial charge in [-0.25, -0.2) is 13.2 Å². The molecule has 1 unspecified atom stereocenters. The highest BCUT2D eigenvalue weighted by Gasteiger charge is 2.32. The van der Waals surface area contributed by atoms with Crippen LogP contribution in [-0.2, 0) is 22.6 Å². The number of nitrogens with zero attached hydrogens (tertiary/aromatic N) is 3. The molecule has 3 heterocycles. The van der Waals surface area contributed by atoms with Crippen LogP contribution < -0.4 is 5.63 Å². The van der Waals surface area contributed by atoms with E-state index in [9.17, 15) is 13.2 Å². The molecule has 30 heavy (non-hydrogen) atoms. The molecule has 1 aliphatic heterocycles. The fourth-order valence-corrected chi connectivity index (χ4v) is 6.72. The minimum Gasteiger partial charge on any atom is -0.423 e. The van der Waals surface area contributed by atoms with Gasteiger partial charge >= 0.3 is 5.63 Å². The van der Waals surface area contributed by atoms with Crippen molar-refractivity contribution in [3.63, 3.8) is 0 Å². The number of thioether (sulfide) groups is 1. The first kappa shape index (κ1) is 19.3. The van der Waals surface area contributed by atoms with Gasteiger partial charge in [-0.2, -0.15) is 0 Å². The van der Waals surface area contributed by atoms with Crippen LogP contribution in [0.3, 0.4) is 0 Å². The van der Waals surface area contributed by atoms with Crippen molar-refractivity contribution in [1.29, 1.82) is 0 Å². The molecule has 1 saturated heterocycles. The van der Waals surface area contributed by atoms with E-state index in [1.165, 1.54) is 17.8 Å². The van der Waals surface area contributed by atoms with Crippen LogP contribution in [0.15, 0.2) is 56.8 Å². The molecular weight excluding hydrogens is 422 g/mol. The summed E-state index contributed by atoms with van der Waals surface area (Å²) in [6, 6.07) is 13.3. The van der Waals surface area contributed by atoms with E-state index in [2.05, 4.69) is 10.2 Å². The molecule has 4 aromatic rings. The second-order valence-corrected chi connectivity index (χ2v) is 10.7. The van der Waals surface area contributed by atoms with Crippen LogP contribution in [-0.4, -0.2) is 34.7 Å². The molecule has 1 atom stereocenters. The molecule has 1 aliphatic rings. The van der Waals surface area contributed by atoms with Crippen molar-refractivity contribution in [3.05, 3.63) is 64.3 Å². The third-order valence-corrected chi connectivity index (χ3v) is 8.37. The highest BCUT2D eigenvalue weighted by Crippen LogP contribution is 2.33. The van der Waals surface area contributed by atoms with E-state index in [0.29, 0.717) is 28.7 Å². The molecule has 9 heteroatoms. The Balaban J connectivity index is 1.49. The van der Waals surface area contributed by atoms with Crippen LogP contribution in [0.1, 0.15) is 23.7 Å². The molecule has 0 radical (unpaired) electrons. The maximum absolute atomic E-state index is 12.1. The molecule has 0 aliphatic carbocycles. The zero-order valence-corrected chi connectivity index (χ0v) is 17.9. The quantitative estimate of drug-likeness (QED) is 0.272. The SMILES string of the molecule is Cn1c(SCc2cc(=O)oc3ccc4ccccc4c23)nnc1C1CCS(=O)(=O)C1. The van der Waals surface area contributed by atoms with Gasteiger partial charge in [0.1, 0.15) is 11.4 Å². The van der Waals surface area contributed by atoms with E-state index in [0.717, 1.165) is 21.7 Å². The van der Waals surface area contributed by atoms with Gasteiger partial charge in [-0.1, -0.05) is 42.1 Å². The molecule has 154 valence electrons. The van der Waals surface area contributed by atoms with Gasteiger partial charge < -0.3 is 8.98 Å². The summed E-state index contributed by atoms with van der Waals surface area (Å²) in [5, 5.41) is 12.2. The van der Waals surface area contributed by atoms with Gasteiger partial charge in [-0.3, -0.25) is 0 Å². The van der Waals surface area contributed by atoms with Crippen LogP contribution in [0.25, 0.3) is 21.7 Å². The summed E-state index contributed by atoms with van der Waals surface area (Å²) in [7, 11) is -1.13. The third kappa shape index (κ3) is 3.41. The lowest BCUT2D eigenvalue weighted by Gasteiger charge is -2.10. The second-order valence-electron chi connectivity index (χ2n) is 7.54. The van der Waals surface area contributed by atoms with Gasteiger partial charge in [-0.05, 0) is 28.8 Å². The summed E-state index contributed by atoms with van der Waals surface area (Å²) >= 11 is 1.47. The molecule has 2 aromatic heterocycles. The Morgan fingerprint density at radius 3 is 2.83 bits per heavy atom. The summed E-state index contributed by atoms with van der Waals surface area (Å²) in [6.45, 7) is 0. The number of hydrogen-bond acceptors (Lipinski definition) is 7.